The third-order valence-corrected chi connectivity index (χ3v) is 2.92. The molecule has 0 fully saturated rings. The van der Waals surface area contributed by atoms with Crippen molar-refractivity contribution in [3.63, 3.8) is 0 Å². The third kappa shape index (κ3) is 6.04. The molecule has 1 aromatic rings. The highest BCUT2D eigenvalue weighted by atomic mass is 16.4. The summed E-state index contributed by atoms with van der Waals surface area (Å²) >= 11 is 0. The van der Waals surface area contributed by atoms with Gasteiger partial charge in [0.05, 0.1) is 0 Å². The number of hydrogen-bond acceptors (Lipinski definition) is 2. The molecule has 104 valence electrons. The van der Waals surface area contributed by atoms with Crippen LogP contribution in [0, 0.1) is 0 Å². The Hall–Kier alpha value is -1.84. The van der Waals surface area contributed by atoms with Crippen molar-refractivity contribution >= 4 is 11.9 Å². The SMILES string of the molecule is CCCCCC(=O)N[C@@H](Cc1ccccc1)C(=O)O. The van der Waals surface area contributed by atoms with Gasteiger partial charge in [0.15, 0.2) is 0 Å². The fraction of sp³-hybridized carbons (Fsp3) is 0.467. The molecule has 0 radical (unpaired) electrons. The number of amides is 1. The standard InChI is InChI=1S/C15H21NO3/c1-2-3-5-10-14(17)16-13(15(18)19)11-12-8-6-4-7-9-12/h4,6-9,13H,2-3,5,10-11H2,1H3,(H,16,17)(H,18,19)/t13-/m0/s1. The van der Waals surface area contributed by atoms with Crippen LogP contribution in [0.15, 0.2) is 30.3 Å². The second kappa shape index (κ2) is 8.29. The average Bonchev–Trinajstić information content (AvgIpc) is 2.39. The monoisotopic (exact) mass is 263 g/mol. The molecule has 0 heterocycles. The lowest BCUT2D eigenvalue weighted by Gasteiger charge is -2.14. The molecule has 1 aromatic carbocycles. The van der Waals surface area contributed by atoms with Gasteiger partial charge in [0.25, 0.3) is 0 Å². The second-order valence-corrected chi connectivity index (χ2v) is 4.61. The number of carboxylic acids is 1. The van der Waals surface area contributed by atoms with Crippen LogP contribution in [0.5, 0.6) is 0 Å². The van der Waals surface area contributed by atoms with Crippen molar-refractivity contribution in [2.45, 2.75) is 45.1 Å². The molecule has 0 aliphatic carbocycles. The molecule has 1 amide bonds. The number of nitrogens with one attached hydrogen (secondary N) is 1. The van der Waals surface area contributed by atoms with Gasteiger partial charge < -0.3 is 10.4 Å². The van der Waals surface area contributed by atoms with E-state index in [0.29, 0.717) is 12.8 Å². The minimum atomic E-state index is -0.993. The second-order valence-electron chi connectivity index (χ2n) is 4.61. The van der Waals surface area contributed by atoms with E-state index < -0.39 is 12.0 Å². The van der Waals surface area contributed by atoms with Crippen molar-refractivity contribution < 1.29 is 14.7 Å². The molecule has 0 bridgehead atoms. The van der Waals surface area contributed by atoms with Crippen molar-refractivity contribution in [3.8, 4) is 0 Å². The number of carboxylic acid groups (broad SMARTS) is 1. The zero-order chi connectivity index (χ0) is 14.1. The fourth-order valence-corrected chi connectivity index (χ4v) is 1.85. The van der Waals surface area contributed by atoms with E-state index in [2.05, 4.69) is 12.2 Å². The quantitative estimate of drug-likeness (QED) is 0.708. The van der Waals surface area contributed by atoms with Crippen LogP contribution in [0.3, 0.4) is 0 Å². The summed E-state index contributed by atoms with van der Waals surface area (Å²) in [7, 11) is 0. The minimum absolute atomic E-state index is 0.184. The molecule has 0 aromatic heterocycles. The van der Waals surface area contributed by atoms with Gasteiger partial charge in [-0.1, -0.05) is 50.1 Å². The van der Waals surface area contributed by atoms with Crippen molar-refractivity contribution in [3.05, 3.63) is 35.9 Å². The molecule has 0 spiro atoms. The lowest BCUT2D eigenvalue weighted by molar-refractivity contribution is -0.141. The molecule has 19 heavy (non-hydrogen) atoms. The Bertz CT molecular complexity index is 403. The van der Waals surface area contributed by atoms with Crippen LogP contribution in [-0.4, -0.2) is 23.0 Å². The molecule has 0 aliphatic rings. The van der Waals surface area contributed by atoms with E-state index in [-0.39, 0.29) is 5.91 Å². The van der Waals surface area contributed by atoms with Crippen LogP contribution in [0.2, 0.25) is 0 Å². The smallest absolute Gasteiger partial charge is 0.326 e. The van der Waals surface area contributed by atoms with Crippen LogP contribution in [0.4, 0.5) is 0 Å². The van der Waals surface area contributed by atoms with Crippen molar-refractivity contribution in [2.24, 2.45) is 0 Å². The molecule has 0 saturated carbocycles. The van der Waals surface area contributed by atoms with E-state index >= 15 is 0 Å². The predicted molar refractivity (Wildman–Crippen MR) is 73.9 cm³/mol. The van der Waals surface area contributed by atoms with Gasteiger partial charge in [-0.05, 0) is 12.0 Å². The van der Waals surface area contributed by atoms with E-state index in [1.165, 1.54) is 0 Å². The fourth-order valence-electron chi connectivity index (χ4n) is 1.85. The first kappa shape index (κ1) is 15.2. The predicted octanol–water partition coefficient (Wildman–Crippen LogP) is 2.38. The summed E-state index contributed by atoms with van der Waals surface area (Å²) in [6, 6.07) is 8.46. The molecular weight excluding hydrogens is 242 g/mol. The van der Waals surface area contributed by atoms with Crippen molar-refractivity contribution in [2.75, 3.05) is 0 Å². The van der Waals surface area contributed by atoms with Crippen molar-refractivity contribution in [1.29, 1.82) is 0 Å². The Kier molecular flexibility index (Phi) is 6.64. The number of benzene rings is 1. The molecule has 4 heteroatoms. The van der Waals surface area contributed by atoms with Crippen LogP contribution < -0.4 is 5.32 Å². The van der Waals surface area contributed by atoms with E-state index in [1.54, 1.807) is 0 Å². The summed E-state index contributed by atoms with van der Waals surface area (Å²) < 4.78 is 0. The number of carbonyl (C=O) groups is 2. The number of rotatable bonds is 8. The Morgan fingerprint density at radius 2 is 1.89 bits per heavy atom. The molecule has 1 atom stereocenters. The van der Waals surface area contributed by atoms with Gasteiger partial charge in [-0.25, -0.2) is 4.79 Å². The van der Waals surface area contributed by atoms with Gasteiger partial charge in [-0.2, -0.15) is 0 Å². The van der Waals surface area contributed by atoms with Crippen LogP contribution >= 0.6 is 0 Å². The number of aliphatic carboxylic acids is 1. The lowest BCUT2D eigenvalue weighted by Crippen LogP contribution is -2.42. The van der Waals surface area contributed by atoms with Crippen LogP contribution in [0.25, 0.3) is 0 Å². The first-order valence-electron chi connectivity index (χ1n) is 6.69. The zero-order valence-corrected chi connectivity index (χ0v) is 11.3. The molecule has 1 rings (SSSR count). The third-order valence-electron chi connectivity index (χ3n) is 2.92. The Morgan fingerprint density at radius 3 is 2.47 bits per heavy atom. The highest BCUT2D eigenvalue weighted by Crippen LogP contribution is 2.05. The first-order chi connectivity index (χ1) is 9.13. The van der Waals surface area contributed by atoms with Crippen molar-refractivity contribution in [1.82, 2.24) is 5.32 Å². The maximum Gasteiger partial charge on any atom is 0.326 e. The lowest BCUT2D eigenvalue weighted by atomic mass is 10.1. The van der Waals surface area contributed by atoms with Gasteiger partial charge >= 0.3 is 5.97 Å². The molecule has 0 saturated heterocycles. The van der Waals surface area contributed by atoms with E-state index in [0.717, 1.165) is 24.8 Å². The highest BCUT2D eigenvalue weighted by Gasteiger charge is 2.19. The summed E-state index contributed by atoms with van der Waals surface area (Å²) in [4.78, 5) is 22.8. The number of carbonyl (C=O) groups excluding carboxylic acids is 1. The van der Waals surface area contributed by atoms with Gasteiger partial charge in [0.2, 0.25) is 5.91 Å². The summed E-state index contributed by atoms with van der Waals surface area (Å²) in [5, 5.41) is 11.7. The summed E-state index contributed by atoms with van der Waals surface area (Å²) in [6.07, 6.45) is 3.55. The molecular formula is C15H21NO3. The molecule has 0 unspecified atom stereocenters. The summed E-state index contributed by atoms with van der Waals surface area (Å²) in [5.41, 5.74) is 0.906. The largest absolute Gasteiger partial charge is 0.480 e. The molecule has 2 N–H and O–H groups in total. The van der Waals surface area contributed by atoms with E-state index in [1.807, 2.05) is 30.3 Å². The maximum atomic E-state index is 11.6. The maximum absolute atomic E-state index is 11.6. The van der Waals surface area contributed by atoms with E-state index in [4.69, 9.17) is 5.11 Å². The van der Waals surface area contributed by atoms with E-state index in [9.17, 15) is 9.59 Å². The summed E-state index contributed by atoms with van der Waals surface area (Å²) in [5.74, 6) is -1.18. The average molecular weight is 263 g/mol. The molecule has 4 nitrogen and oxygen atoms in total. The Labute approximate surface area is 113 Å². The minimum Gasteiger partial charge on any atom is -0.480 e. The Balaban J connectivity index is 2.49. The first-order valence-corrected chi connectivity index (χ1v) is 6.69. The summed E-state index contributed by atoms with van der Waals surface area (Å²) in [6.45, 7) is 2.06. The topological polar surface area (TPSA) is 66.4 Å². The number of unbranched alkanes of at least 4 members (excludes halogenated alkanes) is 2. The Morgan fingerprint density at radius 1 is 1.21 bits per heavy atom. The number of hydrogen-bond donors (Lipinski definition) is 2. The highest BCUT2D eigenvalue weighted by molar-refractivity contribution is 5.83. The van der Waals surface area contributed by atoms with Gasteiger partial charge in [0.1, 0.15) is 6.04 Å². The van der Waals surface area contributed by atoms with Gasteiger partial charge in [-0.15, -0.1) is 0 Å². The van der Waals surface area contributed by atoms with Crippen LogP contribution in [0.1, 0.15) is 38.2 Å². The van der Waals surface area contributed by atoms with Gasteiger partial charge in [0, 0.05) is 12.8 Å². The van der Waals surface area contributed by atoms with Gasteiger partial charge in [-0.3, -0.25) is 4.79 Å². The zero-order valence-electron chi connectivity index (χ0n) is 11.3. The molecule has 0 aliphatic heterocycles. The normalized spacial score (nSPS) is 11.8. The van der Waals surface area contributed by atoms with Crippen LogP contribution in [-0.2, 0) is 16.0 Å².